The third kappa shape index (κ3) is 5.30. The van der Waals surface area contributed by atoms with Crippen LogP contribution in [0.25, 0.3) is 0 Å². The van der Waals surface area contributed by atoms with Crippen molar-refractivity contribution >= 4 is 11.9 Å². The number of pyridine rings is 1. The van der Waals surface area contributed by atoms with E-state index in [4.69, 9.17) is 0 Å². The molecule has 10 heteroatoms. The molecule has 2 N–H and O–H groups in total. The minimum absolute atomic E-state index is 0.0277. The number of carboxylic acids is 1. The van der Waals surface area contributed by atoms with Crippen LogP contribution < -0.4 is 10.1 Å². The fourth-order valence-corrected chi connectivity index (χ4v) is 2.88. The summed E-state index contributed by atoms with van der Waals surface area (Å²) in [7, 11) is 0. The third-order valence-electron chi connectivity index (χ3n) is 4.58. The normalized spacial score (nSPS) is 16.8. The summed E-state index contributed by atoms with van der Waals surface area (Å²) in [6.45, 7) is -1.57. The van der Waals surface area contributed by atoms with Gasteiger partial charge in [-0.25, -0.2) is 13.8 Å². The van der Waals surface area contributed by atoms with E-state index in [-0.39, 0.29) is 18.0 Å². The Labute approximate surface area is 152 Å². The summed E-state index contributed by atoms with van der Waals surface area (Å²) in [4.78, 5) is 27.4. The zero-order valence-corrected chi connectivity index (χ0v) is 14.4. The number of halogens is 4. The predicted molar refractivity (Wildman–Crippen MR) is 86.2 cm³/mol. The first kappa shape index (κ1) is 20.9. The number of nitrogens with zero attached hydrogens (tertiary/aromatic N) is 1. The van der Waals surface area contributed by atoms with Crippen molar-refractivity contribution in [3.63, 3.8) is 0 Å². The van der Waals surface area contributed by atoms with E-state index >= 15 is 0 Å². The fraction of sp³-hybridized carbons (Fsp3) is 0.588. The monoisotopic (exact) mass is 392 g/mol. The van der Waals surface area contributed by atoms with Crippen LogP contribution in [-0.4, -0.2) is 47.5 Å². The molecule has 1 aromatic rings. The number of hydrogen-bond acceptors (Lipinski definition) is 4. The molecule has 6 nitrogen and oxygen atoms in total. The molecule has 0 spiro atoms. The van der Waals surface area contributed by atoms with Gasteiger partial charge in [0.1, 0.15) is 0 Å². The van der Waals surface area contributed by atoms with E-state index in [1.165, 1.54) is 6.07 Å². The Morgan fingerprint density at radius 2 is 1.93 bits per heavy atom. The van der Waals surface area contributed by atoms with Gasteiger partial charge in [-0.05, 0) is 18.9 Å². The smallest absolute Gasteiger partial charge is 0.340 e. The summed E-state index contributed by atoms with van der Waals surface area (Å²) in [6.07, 6.45) is 0.651. The van der Waals surface area contributed by atoms with Gasteiger partial charge in [0.25, 0.3) is 5.91 Å². The van der Waals surface area contributed by atoms with E-state index in [9.17, 15) is 32.3 Å². The highest BCUT2D eigenvalue weighted by molar-refractivity contribution is 5.94. The molecule has 0 aliphatic heterocycles. The molecule has 0 atom stereocenters. The number of ether oxygens (including phenoxy) is 1. The number of rotatable bonds is 8. The van der Waals surface area contributed by atoms with Crippen LogP contribution in [-0.2, 0) is 4.79 Å². The largest absolute Gasteiger partial charge is 0.481 e. The number of carbonyl (C=O) groups is 2. The molecule has 150 valence electrons. The lowest BCUT2D eigenvalue weighted by molar-refractivity contribution is -0.150. The average Bonchev–Trinajstić information content (AvgIpc) is 2.65. The fourth-order valence-electron chi connectivity index (χ4n) is 2.88. The van der Waals surface area contributed by atoms with E-state index < -0.39 is 36.2 Å². The van der Waals surface area contributed by atoms with Crippen molar-refractivity contribution in [2.24, 2.45) is 5.41 Å². The van der Waals surface area contributed by atoms with Gasteiger partial charge >= 0.3 is 18.3 Å². The number of aliphatic carboxylic acids is 1. The molecule has 1 amide bonds. The first-order valence-corrected chi connectivity index (χ1v) is 8.43. The van der Waals surface area contributed by atoms with Gasteiger partial charge in [0.15, 0.2) is 6.61 Å². The van der Waals surface area contributed by atoms with Gasteiger partial charge in [-0.2, -0.15) is 8.78 Å². The van der Waals surface area contributed by atoms with Gasteiger partial charge in [-0.1, -0.05) is 19.3 Å². The van der Waals surface area contributed by atoms with Crippen LogP contribution in [0.1, 0.15) is 42.5 Å². The second-order valence-corrected chi connectivity index (χ2v) is 6.56. The molecular weight excluding hydrogens is 372 g/mol. The average molecular weight is 392 g/mol. The number of amides is 1. The Morgan fingerprint density at radius 3 is 2.44 bits per heavy atom. The Kier molecular flexibility index (Phi) is 6.61. The number of alkyl halides is 4. The number of nitrogens with one attached hydrogen (secondary N) is 1. The van der Waals surface area contributed by atoms with Crippen molar-refractivity contribution in [2.75, 3.05) is 13.2 Å². The van der Waals surface area contributed by atoms with Gasteiger partial charge in [0.05, 0.1) is 11.0 Å². The highest BCUT2D eigenvalue weighted by Gasteiger charge is 2.42. The minimum Gasteiger partial charge on any atom is -0.481 e. The van der Waals surface area contributed by atoms with Gasteiger partial charge < -0.3 is 15.2 Å². The number of aromatic nitrogens is 1. The second kappa shape index (κ2) is 8.53. The van der Waals surface area contributed by atoms with Crippen molar-refractivity contribution < 1.29 is 37.0 Å². The Bertz CT molecular complexity index is 661. The maximum absolute atomic E-state index is 12.8. The van der Waals surface area contributed by atoms with Crippen LogP contribution >= 0.6 is 0 Å². The van der Waals surface area contributed by atoms with E-state index in [1.807, 2.05) is 0 Å². The molecule has 27 heavy (non-hydrogen) atoms. The molecule has 2 rings (SSSR count). The van der Waals surface area contributed by atoms with Gasteiger partial charge in [0.2, 0.25) is 5.88 Å². The summed E-state index contributed by atoms with van der Waals surface area (Å²) in [6, 6.07) is 2.33. The first-order chi connectivity index (χ1) is 12.7. The molecule has 1 saturated carbocycles. The molecule has 1 aliphatic carbocycles. The number of carboxylic acid groups (broad SMARTS) is 1. The molecule has 0 saturated heterocycles. The zero-order chi connectivity index (χ0) is 20.1. The molecule has 0 bridgehead atoms. The summed E-state index contributed by atoms with van der Waals surface area (Å²) in [5.74, 6) is -6.16. The third-order valence-corrected chi connectivity index (χ3v) is 4.58. The Morgan fingerprint density at radius 1 is 1.26 bits per heavy atom. The van der Waals surface area contributed by atoms with Crippen molar-refractivity contribution in [1.82, 2.24) is 10.3 Å². The minimum atomic E-state index is -4.30. The first-order valence-electron chi connectivity index (χ1n) is 8.43. The number of carbonyl (C=O) groups excluding carboxylic acids is 1. The summed E-state index contributed by atoms with van der Waals surface area (Å²) >= 11 is 0. The van der Waals surface area contributed by atoms with Crippen molar-refractivity contribution in [3.05, 3.63) is 23.9 Å². The zero-order valence-electron chi connectivity index (χ0n) is 14.4. The van der Waals surface area contributed by atoms with Crippen molar-refractivity contribution in [3.8, 4) is 5.88 Å². The summed E-state index contributed by atoms with van der Waals surface area (Å²) in [5, 5.41) is 12.0. The molecule has 0 aromatic carbocycles. The highest BCUT2D eigenvalue weighted by Crippen LogP contribution is 2.36. The van der Waals surface area contributed by atoms with E-state index in [0.717, 1.165) is 31.5 Å². The molecule has 1 aliphatic rings. The number of hydrogen-bond donors (Lipinski definition) is 2. The molecule has 0 unspecified atom stereocenters. The predicted octanol–water partition coefficient (Wildman–Crippen LogP) is 3.13. The molecule has 1 heterocycles. The van der Waals surface area contributed by atoms with E-state index in [0.29, 0.717) is 12.8 Å². The lowest BCUT2D eigenvalue weighted by atomic mass is 9.74. The maximum Gasteiger partial charge on any atom is 0.340 e. The molecule has 1 fully saturated rings. The van der Waals surface area contributed by atoms with Crippen LogP contribution in [0.15, 0.2) is 18.3 Å². The molecule has 1 aromatic heterocycles. The maximum atomic E-state index is 12.8. The summed E-state index contributed by atoms with van der Waals surface area (Å²) in [5.41, 5.74) is -0.926. The Balaban J connectivity index is 1.92. The van der Waals surface area contributed by atoms with Gasteiger partial charge in [0, 0.05) is 18.8 Å². The second-order valence-electron chi connectivity index (χ2n) is 6.56. The Hall–Kier alpha value is -2.39. The van der Waals surface area contributed by atoms with Crippen LogP contribution in [0.5, 0.6) is 5.88 Å². The molecule has 0 radical (unpaired) electrons. The van der Waals surface area contributed by atoms with Crippen molar-refractivity contribution in [1.29, 1.82) is 0 Å². The molecular formula is C17H20F4N2O4. The van der Waals surface area contributed by atoms with Crippen LogP contribution in [0.4, 0.5) is 17.6 Å². The highest BCUT2D eigenvalue weighted by atomic mass is 19.3. The van der Waals surface area contributed by atoms with E-state index in [1.54, 1.807) is 0 Å². The van der Waals surface area contributed by atoms with E-state index in [2.05, 4.69) is 15.0 Å². The van der Waals surface area contributed by atoms with Gasteiger partial charge in [-0.15, -0.1) is 0 Å². The van der Waals surface area contributed by atoms with Gasteiger partial charge in [-0.3, -0.25) is 9.59 Å². The topological polar surface area (TPSA) is 88.5 Å². The summed E-state index contributed by atoms with van der Waals surface area (Å²) < 4.78 is 54.3. The van der Waals surface area contributed by atoms with Crippen molar-refractivity contribution in [2.45, 2.75) is 44.5 Å². The van der Waals surface area contributed by atoms with Crippen LogP contribution in [0.3, 0.4) is 0 Å². The quantitative estimate of drug-likeness (QED) is 0.664. The lowest BCUT2D eigenvalue weighted by Crippen LogP contribution is -2.44. The van der Waals surface area contributed by atoms with Crippen LogP contribution in [0.2, 0.25) is 0 Å². The lowest BCUT2D eigenvalue weighted by Gasteiger charge is -2.33. The SMILES string of the molecule is O=C(NCC1(C(=O)O)CCCCC1)c1ccc(OCC(F)(F)C(F)F)nc1. The standard InChI is InChI=1S/C17H20F4N2O4/c18-14(19)17(20,21)10-27-12-5-4-11(8-22-12)13(24)23-9-16(15(25)26)6-2-1-3-7-16/h4-5,8,14H,1-3,6-7,9-10H2,(H,23,24)(H,25,26). The van der Waals surface area contributed by atoms with Crippen LogP contribution in [0, 0.1) is 5.41 Å².